The molecule has 200 valence electrons. The van der Waals surface area contributed by atoms with Crippen molar-refractivity contribution in [2.45, 2.75) is 126 Å². The Morgan fingerprint density at radius 1 is 0.743 bits per heavy atom. The molecule has 0 N–H and O–H groups in total. The van der Waals surface area contributed by atoms with Crippen LogP contribution in [-0.4, -0.2) is 26.2 Å². The smallest absolute Gasteiger partial charge is 0.186 e. The molecular weight excluding hydrogens is 523 g/mol. The Labute approximate surface area is 232 Å². The van der Waals surface area contributed by atoms with Gasteiger partial charge in [-0.25, -0.2) is 4.98 Å². The van der Waals surface area contributed by atoms with Crippen LogP contribution in [0.1, 0.15) is 103 Å². The Kier molecular flexibility index (Phi) is 18.3. The molecule has 2 rings (SSSR count). The second-order valence-corrected chi connectivity index (χ2v) is 20.2. The summed E-state index contributed by atoms with van der Waals surface area (Å²) in [6.07, 6.45) is 22.8. The van der Waals surface area contributed by atoms with Gasteiger partial charge in [0, 0.05) is 12.9 Å². The molecule has 0 aliphatic rings. The average Bonchev–Trinajstić information content (AvgIpc) is 3.28. The molecule has 0 amide bonds. The molecule has 0 aliphatic heterocycles. The van der Waals surface area contributed by atoms with Crippen LogP contribution >= 0.6 is 42.8 Å². The van der Waals surface area contributed by atoms with Gasteiger partial charge in [0.2, 0.25) is 0 Å². The van der Waals surface area contributed by atoms with Crippen molar-refractivity contribution in [3.63, 3.8) is 0 Å². The minimum absolute atomic E-state index is 1.13. The molecular formula is C28H49NOS4Si. The third-order valence-corrected chi connectivity index (χ3v) is 14.8. The van der Waals surface area contributed by atoms with E-state index in [2.05, 4.69) is 42.3 Å². The summed E-state index contributed by atoms with van der Waals surface area (Å²) in [7, 11) is 6.28. The number of rotatable bonds is 23. The van der Waals surface area contributed by atoms with Crippen molar-refractivity contribution in [3.05, 3.63) is 24.3 Å². The second-order valence-electron chi connectivity index (χ2n) is 10.3. The van der Waals surface area contributed by atoms with Crippen LogP contribution in [0.25, 0.3) is 10.2 Å². The van der Waals surface area contributed by atoms with Crippen molar-refractivity contribution >= 4 is 61.3 Å². The van der Waals surface area contributed by atoms with Gasteiger partial charge in [-0.15, -0.1) is 11.3 Å². The lowest BCUT2D eigenvalue weighted by atomic mass is 10.0. The van der Waals surface area contributed by atoms with E-state index < -0.39 is 8.32 Å². The van der Waals surface area contributed by atoms with Gasteiger partial charge < -0.3 is 4.43 Å². The molecule has 35 heavy (non-hydrogen) atoms. The fourth-order valence-electron chi connectivity index (χ4n) is 4.26. The summed E-state index contributed by atoms with van der Waals surface area (Å²) in [6, 6.07) is 9.75. The van der Waals surface area contributed by atoms with E-state index in [0.717, 1.165) is 5.52 Å². The summed E-state index contributed by atoms with van der Waals surface area (Å²) in [5.41, 5.74) is 1.13. The Bertz CT molecular complexity index is 737. The lowest BCUT2D eigenvalue weighted by Crippen LogP contribution is -2.27. The van der Waals surface area contributed by atoms with Gasteiger partial charge >= 0.3 is 0 Å². The molecule has 0 radical (unpaired) electrons. The Hall–Kier alpha value is 0.337. The molecule has 1 aromatic heterocycles. The van der Waals surface area contributed by atoms with Crippen molar-refractivity contribution < 1.29 is 4.43 Å². The molecule has 0 aliphatic carbocycles. The Morgan fingerprint density at radius 3 is 1.80 bits per heavy atom. The predicted octanol–water partition coefficient (Wildman–Crippen LogP) is 11.8. The topological polar surface area (TPSA) is 22.1 Å². The van der Waals surface area contributed by atoms with Crippen LogP contribution in [0.5, 0.6) is 0 Å². The number of nitrogens with zero attached hydrogens (tertiary/aromatic N) is 1. The van der Waals surface area contributed by atoms with E-state index in [-0.39, 0.29) is 0 Å². The van der Waals surface area contributed by atoms with E-state index in [1.165, 1.54) is 124 Å². The van der Waals surface area contributed by atoms with E-state index in [0.29, 0.717) is 0 Å². The van der Waals surface area contributed by atoms with E-state index in [1.807, 2.05) is 38.5 Å². The highest BCUT2D eigenvalue weighted by Gasteiger charge is 2.19. The maximum Gasteiger partial charge on any atom is 0.186 e. The van der Waals surface area contributed by atoms with Crippen LogP contribution in [0, 0.1) is 0 Å². The van der Waals surface area contributed by atoms with Gasteiger partial charge in [-0.1, -0.05) is 119 Å². The molecule has 1 aromatic carbocycles. The summed E-state index contributed by atoms with van der Waals surface area (Å²) < 4.78 is 8.10. The number of para-hydroxylation sites is 1. The number of unbranched alkanes of at least 4 members (excludes halogenated alkanes) is 15. The third kappa shape index (κ3) is 16.0. The van der Waals surface area contributed by atoms with E-state index >= 15 is 0 Å². The lowest BCUT2D eigenvalue weighted by molar-refractivity contribution is 0.400. The van der Waals surface area contributed by atoms with Gasteiger partial charge in [-0.3, -0.25) is 0 Å². The summed E-state index contributed by atoms with van der Waals surface area (Å²) in [5, 5.41) is 0. The van der Waals surface area contributed by atoms with Crippen LogP contribution in [0.15, 0.2) is 28.6 Å². The molecule has 1 heterocycles. The molecule has 2 nitrogen and oxygen atoms in total. The number of hydrogen-bond donors (Lipinski definition) is 0. The van der Waals surface area contributed by atoms with Gasteiger partial charge in [-0.2, -0.15) is 0 Å². The van der Waals surface area contributed by atoms with Gasteiger partial charge in [0.05, 0.1) is 10.2 Å². The third-order valence-electron chi connectivity index (χ3n) is 6.74. The highest BCUT2D eigenvalue weighted by Crippen LogP contribution is 2.43. The maximum atomic E-state index is 5.63. The standard InChI is InChI=1S/C28H49NOS4Si/c1-30-35(2,3)25-21-17-15-13-11-9-7-5-4-6-8-10-12-14-16-20-24-31-34-33-28-29-26-22-18-19-23-27(26)32-28/h18-19,22-23H,4-17,20-21,24-25H2,1-3H3. The van der Waals surface area contributed by atoms with Gasteiger partial charge in [-0.05, 0) is 58.3 Å². The van der Waals surface area contributed by atoms with Crippen LogP contribution in [0.2, 0.25) is 19.1 Å². The average molecular weight is 572 g/mol. The van der Waals surface area contributed by atoms with Gasteiger partial charge in [0.25, 0.3) is 0 Å². The highest BCUT2D eigenvalue weighted by atomic mass is 33.5. The first-order valence-corrected chi connectivity index (χ1v) is 21.6. The Morgan fingerprint density at radius 2 is 1.26 bits per heavy atom. The molecule has 7 heteroatoms. The monoisotopic (exact) mass is 571 g/mol. The SMILES string of the molecule is CO[Si](C)(C)CCCCCCCCCCCCCCCCCCSSSc1nc2ccccc2s1. The van der Waals surface area contributed by atoms with Crippen LogP contribution in [0.4, 0.5) is 0 Å². The normalized spacial score (nSPS) is 12.1. The summed E-state index contributed by atoms with van der Waals surface area (Å²) in [5.74, 6) is 1.26. The van der Waals surface area contributed by atoms with Crippen molar-refractivity contribution in [1.29, 1.82) is 0 Å². The van der Waals surface area contributed by atoms with E-state index in [4.69, 9.17) is 4.43 Å². The summed E-state index contributed by atoms with van der Waals surface area (Å²) in [4.78, 5) is 4.69. The molecule has 2 aromatic rings. The summed E-state index contributed by atoms with van der Waals surface area (Å²) >= 11 is 1.80. The van der Waals surface area contributed by atoms with Gasteiger partial charge in [0.1, 0.15) is 0 Å². The predicted molar refractivity (Wildman–Crippen MR) is 169 cm³/mol. The maximum absolute atomic E-state index is 5.63. The Balaban J connectivity index is 1.24. The second kappa shape index (κ2) is 20.3. The zero-order valence-electron chi connectivity index (χ0n) is 22.5. The van der Waals surface area contributed by atoms with Crippen LogP contribution < -0.4 is 0 Å². The molecule has 0 spiro atoms. The zero-order valence-corrected chi connectivity index (χ0v) is 26.8. The van der Waals surface area contributed by atoms with Crippen LogP contribution in [-0.2, 0) is 4.43 Å². The fraction of sp³-hybridized carbons (Fsp3) is 0.750. The fourth-order valence-corrected chi connectivity index (χ4v) is 10.9. The summed E-state index contributed by atoms with van der Waals surface area (Å²) in [6.45, 7) is 4.67. The lowest BCUT2D eigenvalue weighted by Gasteiger charge is -2.19. The number of fused-ring (bicyclic) bond motifs is 1. The molecule has 0 saturated carbocycles. The number of hydrogen-bond acceptors (Lipinski definition) is 6. The zero-order chi connectivity index (χ0) is 25.0. The minimum atomic E-state index is -1.31. The van der Waals surface area contributed by atoms with Crippen molar-refractivity contribution in [3.8, 4) is 0 Å². The number of aromatic nitrogens is 1. The first-order chi connectivity index (χ1) is 17.1. The van der Waals surface area contributed by atoms with E-state index in [9.17, 15) is 0 Å². The molecule has 0 unspecified atom stereocenters. The largest absolute Gasteiger partial charge is 0.420 e. The first-order valence-electron chi connectivity index (χ1n) is 14.0. The van der Waals surface area contributed by atoms with Gasteiger partial charge in [0.15, 0.2) is 12.7 Å². The highest BCUT2D eigenvalue weighted by molar-refractivity contribution is 9.09. The molecule has 0 fully saturated rings. The number of benzene rings is 1. The minimum Gasteiger partial charge on any atom is -0.420 e. The quantitative estimate of drug-likeness (QED) is 0.0749. The van der Waals surface area contributed by atoms with Crippen molar-refractivity contribution in [1.82, 2.24) is 4.98 Å². The first kappa shape index (κ1) is 31.6. The van der Waals surface area contributed by atoms with Crippen molar-refractivity contribution in [2.75, 3.05) is 12.9 Å². The molecule has 0 bridgehead atoms. The number of thiazole rings is 1. The molecule has 0 atom stereocenters. The molecule has 0 saturated heterocycles. The van der Waals surface area contributed by atoms with E-state index in [1.54, 1.807) is 11.3 Å². The van der Waals surface area contributed by atoms with Crippen molar-refractivity contribution in [2.24, 2.45) is 0 Å². The van der Waals surface area contributed by atoms with Crippen LogP contribution in [0.3, 0.4) is 0 Å².